The van der Waals surface area contributed by atoms with Crippen LogP contribution in [-0.2, 0) is 50.7 Å². The second-order valence-corrected chi connectivity index (χ2v) is 51.9. The fourth-order valence-electron chi connectivity index (χ4n) is 15.2. The van der Waals surface area contributed by atoms with Crippen molar-refractivity contribution < 1.29 is 60.3 Å². The van der Waals surface area contributed by atoms with Crippen LogP contribution in [0.25, 0.3) is 0 Å². The lowest BCUT2D eigenvalue weighted by atomic mass is 10.0. The zero-order valence-corrected chi connectivity index (χ0v) is 53.4. The van der Waals surface area contributed by atoms with Gasteiger partial charge in [0.25, 0.3) is 0 Å². The van der Waals surface area contributed by atoms with Crippen LogP contribution in [0.5, 0.6) is 0 Å². The first-order chi connectivity index (χ1) is 35.1. The number of ether oxygens (including phenoxy) is 1. The number of carbonyl (C=O) groups excluding carboxylic acids is 1. The van der Waals surface area contributed by atoms with Crippen LogP contribution in [0.3, 0.4) is 0 Å². The molecule has 4 bridgehead atoms. The zero-order chi connectivity index (χ0) is 50.8. The highest BCUT2D eigenvalue weighted by molar-refractivity contribution is 7.00. The normalized spacial score (nSPS) is 40.2. The van der Waals surface area contributed by atoms with E-state index in [2.05, 4.69) is 19.7 Å². The van der Waals surface area contributed by atoms with Crippen LogP contribution in [-0.4, -0.2) is 92.1 Å². The lowest BCUT2D eigenvalue weighted by Crippen LogP contribution is -2.86. The van der Waals surface area contributed by atoms with Gasteiger partial charge in [0, 0.05) is 44.4 Å². The van der Waals surface area contributed by atoms with Gasteiger partial charge in [-0.3, -0.25) is 0 Å². The smallest absolute Gasteiger partial charge is 0.462 e. The molecular weight excluding hydrogens is 1060 g/mol. The zero-order valence-electron chi connectivity index (χ0n) is 45.4. The lowest BCUT2D eigenvalue weighted by Gasteiger charge is -2.63. The molecule has 14 nitrogen and oxygen atoms in total. The molecule has 0 radical (unpaired) electrons. The molecule has 10 rings (SSSR count). The number of fused-ring (bicyclic) bond motifs is 3. The third kappa shape index (κ3) is 12.4. The molecule has 0 amide bonds. The van der Waals surface area contributed by atoms with E-state index in [0.717, 1.165) is 225 Å². The van der Waals surface area contributed by atoms with Crippen LogP contribution in [0.2, 0.25) is 57.9 Å². The van der Waals surface area contributed by atoms with Crippen molar-refractivity contribution >= 4 is 75.9 Å². The van der Waals surface area contributed by atoms with E-state index in [1.807, 2.05) is 0 Å². The topological polar surface area (TPSA) is 159 Å². The molecule has 73 heavy (non-hydrogen) atoms. The monoisotopic (exact) mass is 1160 g/mol. The number of carbonyl (C=O) groups is 1. The van der Waals surface area contributed by atoms with Crippen LogP contribution < -0.4 is 0 Å². The van der Waals surface area contributed by atoms with Crippen molar-refractivity contribution in [3.63, 3.8) is 0 Å². The summed E-state index contributed by atoms with van der Waals surface area (Å²) in [6, 6.07) is 0.692. The molecule has 416 valence electrons. The predicted molar refractivity (Wildman–Crippen MR) is 296 cm³/mol. The third-order valence-corrected chi connectivity index (χ3v) is 55.9. The van der Waals surface area contributed by atoms with Crippen molar-refractivity contribution in [2.75, 3.05) is 6.61 Å². The van der Waals surface area contributed by atoms with Crippen LogP contribution in [0.15, 0.2) is 12.2 Å². The van der Waals surface area contributed by atoms with Crippen molar-refractivity contribution in [3.05, 3.63) is 12.2 Å². The average Bonchev–Trinajstić information content (AvgIpc) is 3.40. The van der Waals surface area contributed by atoms with Crippen molar-refractivity contribution in [1.29, 1.82) is 0 Å². The Labute approximate surface area is 448 Å². The minimum atomic E-state index is -4.47. The standard InChI is InChI=1S/C51H96O14Si8/c1-43(2)51(52)55-41-26-42-66(3,4)56-69(46-31-16-7-17-32-46)61-71(48-35-20-9-21-36-48)59-67(53,44-27-12-5-13-28-44)57-70(47-33-18-8-19-34-47)58-68(54,45-29-14-6-15-30-45)60-72(62-69,49-37-22-10-23-38-49)65-73(63-70,64-71)50-39-24-11-25-40-50/h44-50,53-54H,1,5-42H2,2-4H3. The van der Waals surface area contributed by atoms with E-state index in [-0.39, 0.29) is 51.4 Å². The SMILES string of the molecule is C=C(C)C(=O)OCCC[Si](C)(C)O[Si]1(C2CCCCC2)O[Si]2(C3CCCCC3)O[Si](O)(C3CCCCC3)O[Si]3(C4CCCCC4)O[Si](O)(C4CCCCC4)O[Si](C4CCCCC4)(O1)O[Si](C1CCCCC1)(O3)O2. The molecule has 7 saturated carbocycles. The van der Waals surface area contributed by atoms with Gasteiger partial charge in [0.1, 0.15) is 0 Å². The Hall–Kier alpha value is 0.465. The van der Waals surface area contributed by atoms with Crippen molar-refractivity contribution in [1.82, 2.24) is 0 Å². The molecule has 0 aromatic rings. The van der Waals surface area contributed by atoms with Crippen LogP contribution in [0, 0.1) is 0 Å². The Bertz CT molecular complexity index is 1780. The van der Waals surface area contributed by atoms with Gasteiger partial charge in [-0.15, -0.1) is 0 Å². The summed E-state index contributed by atoms with van der Waals surface area (Å²) in [6.45, 7) is 10.3. The molecule has 22 heteroatoms. The highest BCUT2D eigenvalue weighted by Gasteiger charge is 2.83. The average molecular weight is 1160 g/mol. The summed E-state index contributed by atoms with van der Waals surface area (Å²) in [5, 5.41) is 0. The molecule has 7 aliphatic carbocycles. The van der Waals surface area contributed by atoms with Gasteiger partial charge in [-0.1, -0.05) is 141 Å². The summed E-state index contributed by atoms with van der Waals surface area (Å²) in [7, 11) is -33.1. The second-order valence-electron chi connectivity index (χ2n) is 25.4. The Morgan fingerprint density at radius 1 is 0.438 bits per heavy atom. The minimum absolute atomic E-state index is 0.100. The van der Waals surface area contributed by atoms with Crippen LogP contribution in [0.4, 0.5) is 0 Å². The molecule has 0 spiro atoms. The van der Waals surface area contributed by atoms with Crippen molar-refractivity contribution in [3.8, 4) is 0 Å². The van der Waals surface area contributed by atoms with E-state index in [0.29, 0.717) is 18.0 Å². The Kier molecular flexibility index (Phi) is 18.6. The van der Waals surface area contributed by atoms with Crippen molar-refractivity contribution in [2.45, 2.75) is 296 Å². The van der Waals surface area contributed by atoms with E-state index in [1.165, 1.54) is 0 Å². The highest BCUT2D eigenvalue weighted by atomic mass is 28.6. The minimum Gasteiger partial charge on any atom is -0.462 e. The maximum Gasteiger partial charge on any atom is 0.486 e. The molecule has 4 atom stereocenters. The highest BCUT2D eigenvalue weighted by Crippen LogP contribution is 2.62. The van der Waals surface area contributed by atoms with E-state index < -0.39 is 69.9 Å². The van der Waals surface area contributed by atoms with E-state index >= 15 is 0 Å². The Morgan fingerprint density at radius 2 is 0.712 bits per heavy atom. The largest absolute Gasteiger partial charge is 0.486 e. The van der Waals surface area contributed by atoms with Gasteiger partial charge in [-0.25, -0.2) is 4.79 Å². The molecule has 10 fully saturated rings. The third-order valence-electron chi connectivity index (χ3n) is 19.3. The molecule has 4 unspecified atom stereocenters. The maximum absolute atomic E-state index is 14.5. The summed E-state index contributed by atoms with van der Waals surface area (Å²) < 4.78 is 89.4. The number of esters is 1. The summed E-state index contributed by atoms with van der Waals surface area (Å²) in [4.78, 5) is 41.6. The van der Waals surface area contributed by atoms with Gasteiger partial charge in [0.15, 0.2) is 8.32 Å². The summed E-state index contributed by atoms with van der Waals surface area (Å²) >= 11 is 0. The first-order valence-electron chi connectivity index (χ1n) is 30.4. The van der Waals surface area contributed by atoms with E-state index in [4.69, 9.17) is 45.9 Å². The van der Waals surface area contributed by atoms with Gasteiger partial charge in [-0.05, 0) is 122 Å². The van der Waals surface area contributed by atoms with Crippen LogP contribution >= 0.6 is 0 Å². The number of hydrogen-bond donors (Lipinski definition) is 2. The van der Waals surface area contributed by atoms with Gasteiger partial charge in [0.2, 0.25) is 0 Å². The maximum atomic E-state index is 14.5. The van der Waals surface area contributed by atoms with Crippen molar-refractivity contribution in [2.24, 2.45) is 0 Å². The molecule has 0 aromatic carbocycles. The molecule has 2 N–H and O–H groups in total. The van der Waals surface area contributed by atoms with E-state index in [9.17, 15) is 14.4 Å². The first-order valence-corrected chi connectivity index (χ1v) is 46.2. The van der Waals surface area contributed by atoms with Gasteiger partial charge in [-0.2, -0.15) is 0 Å². The Balaban J connectivity index is 1.24. The molecule has 0 aromatic heterocycles. The number of hydrogen-bond acceptors (Lipinski definition) is 14. The second kappa shape index (κ2) is 23.9. The molecular formula is C51H96O14Si8. The molecule has 10 aliphatic rings. The molecule has 3 heterocycles. The van der Waals surface area contributed by atoms with Gasteiger partial charge in [0.05, 0.1) is 6.61 Å². The summed E-state index contributed by atoms with van der Waals surface area (Å²) in [5.41, 5.74) is -0.797. The predicted octanol–water partition coefficient (Wildman–Crippen LogP) is 13.8. The lowest BCUT2D eigenvalue weighted by molar-refractivity contribution is -0.139. The molecule has 3 saturated heterocycles. The number of rotatable bonds is 14. The Morgan fingerprint density at radius 3 is 1.03 bits per heavy atom. The van der Waals surface area contributed by atoms with Crippen LogP contribution in [0.1, 0.15) is 238 Å². The molecule has 3 aliphatic heterocycles. The summed E-state index contributed by atoms with van der Waals surface area (Å²) in [6.07, 6.45) is 34.1. The fourth-order valence-corrected chi connectivity index (χ4v) is 63.8. The first kappa shape index (κ1) is 56.7. The quantitative estimate of drug-likeness (QED) is 0.0732. The fraction of sp³-hybridized carbons (Fsp3) is 0.941. The van der Waals surface area contributed by atoms with E-state index in [1.54, 1.807) is 6.92 Å². The van der Waals surface area contributed by atoms with Gasteiger partial charge < -0.3 is 55.5 Å². The van der Waals surface area contributed by atoms with Gasteiger partial charge >= 0.3 is 67.6 Å². The summed E-state index contributed by atoms with van der Waals surface area (Å²) in [5.74, 6) is -0.379.